The summed E-state index contributed by atoms with van der Waals surface area (Å²) >= 11 is 0. The van der Waals surface area contributed by atoms with Crippen LogP contribution in [0.4, 0.5) is 0 Å². The third kappa shape index (κ3) is 4.51. The molecule has 0 unspecified atom stereocenters. The van der Waals surface area contributed by atoms with E-state index < -0.39 is 0 Å². The Balaban J connectivity index is 1.41. The molecule has 0 spiro atoms. The molecule has 1 aliphatic rings. The van der Waals surface area contributed by atoms with Gasteiger partial charge in [-0.05, 0) is 55.2 Å². The Morgan fingerprint density at radius 1 is 0.967 bits per heavy atom. The Hall–Kier alpha value is -3.21. The minimum Gasteiger partial charge on any atom is -0.424 e. The number of rotatable bonds is 5. The van der Waals surface area contributed by atoms with Gasteiger partial charge in [-0.1, -0.05) is 43.5 Å². The number of aryl methyl sites for hydroxylation is 1. The largest absolute Gasteiger partial charge is 0.424 e. The lowest BCUT2D eigenvalue weighted by atomic mass is 9.94. The monoisotopic (exact) mass is 401 g/mol. The van der Waals surface area contributed by atoms with Crippen LogP contribution >= 0.6 is 0 Å². The minimum absolute atomic E-state index is 0.0623. The number of amides is 1. The fraction of sp³-hybridized carbons (Fsp3) is 0.320. The molecule has 5 nitrogen and oxygen atoms in total. The lowest BCUT2D eigenvalue weighted by molar-refractivity contribution is 0.0696. The Kier molecular flexibility index (Phi) is 6.07. The normalized spacial score (nSPS) is 14.3. The van der Waals surface area contributed by atoms with Gasteiger partial charge < -0.3 is 9.64 Å². The topological polar surface area (TPSA) is 55.3 Å². The van der Waals surface area contributed by atoms with Crippen LogP contribution in [0.3, 0.4) is 0 Å². The molecule has 0 saturated heterocycles. The summed E-state index contributed by atoms with van der Waals surface area (Å²) in [5, 5.41) is 0. The van der Waals surface area contributed by atoms with Crippen molar-refractivity contribution in [2.75, 3.05) is 7.05 Å². The van der Waals surface area contributed by atoms with Crippen molar-refractivity contribution in [3.8, 4) is 22.9 Å². The quantitative estimate of drug-likeness (QED) is 0.554. The molecule has 0 aliphatic heterocycles. The molecule has 3 aromatic rings. The third-order valence-corrected chi connectivity index (χ3v) is 5.84. The van der Waals surface area contributed by atoms with Gasteiger partial charge in [0.1, 0.15) is 5.75 Å². The predicted molar refractivity (Wildman–Crippen MR) is 118 cm³/mol. The molecule has 154 valence electrons. The fourth-order valence-corrected chi connectivity index (χ4v) is 4.01. The molecule has 2 aromatic carbocycles. The first-order valence-corrected chi connectivity index (χ1v) is 10.5. The zero-order valence-corrected chi connectivity index (χ0v) is 17.5. The second-order valence-corrected chi connectivity index (χ2v) is 7.90. The highest BCUT2D eigenvalue weighted by Crippen LogP contribution is 2.25. The molecule has 0 radical (unpaired) electrons. The number of ether oxygens (including phenoxy) is 1. The van der Waals surface area contributed by atoms with Crippen molar-refractivity contribution < 1.29 is 9.53 Å². The third-order valence-electron chi connectivity index (χ3n) is 5.84. The van der Waals surface area contributed by atoms with E-state index in [4.69, 9.17) is 4.74 Å². The minimum atomic E-state index is 0.0623. The van der Waals surface area contributed by atoms with Gasteiger partial charge in [0.2, 0.25) is 0 Å². The van der Waals surface area contributed by atoms with Gasteiger partial charge in [0.25, 0.3) is 5.91 Å². The highest BCUT2D eigenvalue weighted by atomic mass is 16.5. The van der Waals surface area contributed by atoms with Gasteiger partial charge in [0.15, 0.2) is 0 Å². The molecule has 1 heterocycles. The van der Waals surface area contributed by atoms with Crippen LogP contribution in [0.5, 0.6) is 11.8 Å². The van der Waals surface area contributed by atoms with E-state index in [2.05, 4.69) is 29.0 Å². The maximum Gasteiger partial charge on any atom is 0.321 e. The number of carbonyl (C=O) groups is 1. The van der Waals surface area contributed by atoms with Crippen molar-refractivity contribution in [2.24, 2.45) is 0 Å². The molecule has 0 N–H and O–H groups in total. The average Bonchev–Trinajstić information content (AvgIpc) is 2.80. The molecule has 4 rings (SSSR count). The first-order valence-electron chi connectivity index (χ1n) is 10.5. The van der Waals surface area contributed by atoms with Gasteiger partial charge >= 0.3 is 6.01 Å². The van der Waals surface area contributed by atoms with Gasteiger partial charge in [-0.3, -0.25) is 4.79 Å². The molecular formula is C25H27N3O2. The Labute approximate surface area is 177 Å². The Morgan fingerprint density at radius 3 is 2.30 bits per heavy atom. The van der Waals surface area contributed by atoms with Crippen molar-refractivity contribution in [1.29, 1.82) is 0 Å². The SMILES string of the molecule is Cc1ccccc1-c1cnc(Oc2ccc(C(=O)N(C)C3CCCCC3)cc2)nc1. The second kappa shape index (κ2) is 9.08. The summed E-state index contributed by atoms with van der Waals surface area (Å²) in [5.41, 5.74) is 3.90. The standard InChI is InChI=1S/C25H27N3O2/c1-18-8-6-7-11-23(18)20-16-26-25(27-17-20)30-22-14-12-19(13-15-22)24(29)28(2)21-9-4-3-5-10-21/h6-8,11-17,21H,3-5,9-10H2,1-2H3. The Bertz CT molecular complexity index is 994. The fourth-order valence-electron chi connectivity index (χ4n) is 4.01. The summed E-state index contributed by atoms with van der Waals surface area (Å²) in [5.74, 6) is 0.669. The van der Waals surface area contributed by atoms with Crippen LogP contribution in [0, 0.1) is 6.92 Å². The molecule has 5 heteroatoms. The van der Waals surface area contributed by atoms with Crippen LogP contribution in [-0.2, 0) is 0 Å². The zero-order valence-electron chi connectivity index (χ0n) is 17.5. The van der Waals surface area contributed by atoms with E-state index in [0.29, 0.717) is 17.4 Å². The van der Waals surface area contributed by atoms with Crippen molar-refractivity contribution in [3.63, 3.8) is 0 Å². The number of hydrogen-bond donors (Lipinski definition) is 0. The smallest absolute Gasteiger partial charge is 0.321 e. The number of benzene rings is 2. The molecule has 1 amide bonds. The molecule has 0 atom stereocenters. The molecule has 1 saturated carbocycles. The first-order chi connectivity index (χ1) is 14.6. The van der Waals surface area contributed by atoms with Gasteiger partial charge in [0, 0.05) is 36.6 Å². The lowest BCUT2D eigenvalue weighted by Gasteiger charge is -2.31. The van der Waals surface area contributed by atoms with Crippen molar-refractivity contribution in [1.82, 2.24) is 14.9 Å². The van der Waals surface area contributed by atoms with Crippen LogP contribution in [0.15, 0.2) is 60.9 Å². The second-order valence-electron chi connectivity index (χ2n) is 7.90. The maximum atomic E-state index is 12.8. The van der Waals surface area contributed by atoms with E-state index in [1.54, 1.807) is 36.7 Å². The lowest BCUT2D eigenvalue weighted by Crippen LogP contribution is -2.38. The van der Waals surface area contributed by atoms with Crippen LogP contribution in [0.1, 0.15) is 48.0 Å². The summed E-state index contributed by atoms with van der Waals surface area (Å²) in [6.07, 6.45) is 9.41. The van der Waals surface area contributed by atoms with E-state index in [0.717, 1.165) is 24.0 Å². The van der Waals surface area contributed by atoms with E-state index in [1.165, 1.54) is 24.8 Å². The molecule has 1 aromatic heterocycles. The molecular weight excluding hydrogens is 374 g/mol. The van der Waals surface area contributed by atoms with Gasteiger partial charge in [-0.15, -0.1) is 0 Å². The van der Waals surface area contributed by atoms with Gasteiger partial charge in [-0.25, -0.2) is 9.97 Å². The predicted octanol–water partition coefficient (Wildman–Crippen LogP) is 5.65. The van der Waals surface area contributed by atoms with Gasteiger partial charge in [-0.2, -0.15) is 0 Å². The number of aromatic nitrogens is 2. The molecule has 1 aliphatic carbocycles. The summed E-state index contributed by atoms with van der Waals surface area (Å²) in [6, 6.07) is 16.0. The summed E-state index contributed by atoms with van der Waals surface area (Å²) < 4.78 is 5.76. The van der Waals surface area contributed by atoms with Crippen LogP contribution in [0.2, 0.25) is 0 Å². The summed E-state index contributed by atoms with van der Waals surface area (Å²) in [4.78, 5) is 23.3. The van der Waals surface area contributed by atoms with E-state index in [1.807, 2.05) is 24.1 Å². The summed E-state index contributed by atoms with van der Waals surface area (Å²) in [6.45, 7) is 2.06. The first kappa shape index (κ1) is 20.1. The highest BCUT2D eigenvalue weighted by molar-refractivity contribution is 5.94. The molecule has 1 fully saturated rings. The van der Waals surface area contributed by atoms with Crippen LogP contribution in [-0.4, -0.2) is 33.9 Å². The maximum absolute atomic E-state index is 12.8. The van der Waals surface area contributed by atoms with Crippen LogP contribution < -0.4 is 4.74 Å². The Morgan fingerprint density at radius 2 is 1.63 bits per heavy atom. The van der Waals surface area contributed by atoms with Crippen molar-refractivity contribution in [3.05, 3.63) is 72.1 Å². The number of nitrogens with zero attached hydrogens (tertiary/aromatic N) is 3. The van der Waals surface area contributed by atoms with E-state index in [-0.39, 0.29) is 11.9 Å². The zero-order chi connectivity index (χ0) is 20.9. The number of hydrogen-bond acceptors (Lipinski definition) is 4. The average molecular weight is 402 g/mol. The van der Waals surface area contributed by atoms with Crippen molar-refractivity contribution in [2.45, 2.75) is 45.1 Å². The molecule has 30 heavy (non-hydrogen) atoms. The summed E-state index contributed by atoms with van der Waals surface area (Å²) in [7, 11) is 1.91. The van der Waals surface area contributed by atoms with Gasteiger partial charge in [0.05, 0.1) is 0 Å². The number of carbonyl (C=O) groups excluding carboxylic acids is 1. The van der Waals surface area contributed by atoms with E-state index >= 15 is 0 Å². The van der Waals surface area contributed by atoms with E-state index in [9.17, 15) is 4.79 Å². The van der Waals surface area contributed by atoms with Crippen LogP contribution in [0.25, 0.3) is 11.1 Å². The van der Waals surface area contributed by atoms with Crippen molar-refractivity contribution >= 4 is 5.91 Å². The highest BCUT2D eigenvalue weighted by Gasteiger charge is 2.22. The molecule has 0 bridgehead atoms.